The van der Waals surface area contributed by atoms with E-state index in [0.717, 1.165) is 32.8 Å². The summed E-state index contributed by atoms with van der Waals surface area (Å²) in [4.78, 5) is 3.66. The molecule has 2 rings (SSSR count). The lowest BCUT2D eigenvalue weighted by Crippen LogP contribution is -2.43. The lowest BCUT2D eigenvalue weighted by Gasteiger charge is -2.34. The van der Waals surface area contributed by atoms with E-state index in [9.17, 15) is 5.11 Å². The van der Waals surface area contributed by atoms with Gasteiger partial charge in [0.15, 0.2) is 0 Å². The number of hydrogen-bond donors (Lipinski definition) is 1. The van der Waals surface area contributed by atoms with Crippen molar-refractivity contribution in [1.82, 2.24) is 4.90 Å². The van der Waals surface area contributed by atoms with Gasteiger partial charge in [-0.3, -0.25) is 4.90 Å². The smallest absolute Gasteiger partial charge is 0.115 e. The maximum Gasteiger partial charge on any atom is 0.115 e. The zero-order valence-corrected chi connectivity index (χ0v) is 11.9. The monoisotopic (exact) mass is 267 g/mol. The predicted octanol–water partition coefficient (Wildman–Crippen LogP) is 2.60. The zero-order valence-electron chi connectivity index (χ0n) is 11.1. The second-order valence-corrected chi connectivity index (χ2v) is 7.02. The van der Waals surface area contributed by atoms with Crippen molar-refractivity contribution in [2.75, 3.05) is 32.8 Å². The van der Waals surface area contributed by atoms with E-state index in [0.29, 0.717) is 5.75 Å². The Morgan fingerprint density at radius 1 is 1.22 bits per heavy atom. The Bertz CT molecular complexity index is 372. The zero-order chi connectivity index (χ0) is 13.0. The normalized spacial score (nSPS) is 17.9. The van der Waals surface area contributed by atoms with Crippen LogP contribution in [0.3, 0.4) is 0 Å². The van der Waals surface area contributed by atoms with E-state index in [-0.39, 0.29) is 4.75 Å². The third kappa shape index (κ3) is 4.19. The molecule has 3 nitrogen and oxygen atoms in total. The number of ether oxygens (including phenoxy) is 1. The number of rotatable bonds is 4. The average Bonchev–Trinajstić information content (AvgIpc) is 2.32. The van der Waals surface area contributed by atoms with Crippen LogP contribution >= 0.6 is 11.8 Å². The Morgan fingerprint density at radius 2 is 1.83 bits per heavy atom. The number of hydrogen-bond acceptors (Lipinski definition) is 4. The quantitative estimate of drug-likeness (QED) is 0.850. The van der Waals surface area contributed by atoms with Gasteiger partial charge in [-0.1, -0.05) is 0 Å². The number of aromatic hydroxyl groups is 1. The Kier molecular flexibility index (Phi) is 4.54. The van der Waals surface area contributed by atoms with Crippen LogP contribution in [0.25, 0.3) is 0 Å². The van der Waals surface area contributed by atoms with Crippen molar-refractivity contribution >= 4 is 11.8 Å². The van der Waals surface area contributed by atoms with Gasteiger partial charge in [-0.25, -0.2) is 0 Å². The van der Waals surface area contributed by atoms with Crippen LogP contribution in [0.1, 0.15) is 13.8 Å². The Morgan fingerprint density at radius 3 is 2.44 bits per heavy atom. The summed E-state index contributed by atoms with van der Waals surface area (Å²) in [5.74, 6) is 0.324. The van der Waals surface area contributed by atoms with Gasteiger partial charge in [-0.15, -0.1) is 11.8 Å². The number of morpholine rings is 1. The molecule has 1 saturated heterocycles. The fourth-order valence-corrected chi connectivity index (χ4v) is 3.32. The highest BCUT2D eigenvalue weighted by Crippen LogP contribution is 2.33. The molecule has 4 heteroatoms. The molecule has 1 heterocycles. The first-order valence-electron chi connectivity index (χ1n) is 6.33. The van der Waals surface area contributed by atoms with E-state index in [1.165, 1.54) is 4.90 Å². The number of phenols is 1. The van der Waals surface area contributed by atoms with Crippen molar-refractivity contribution in [1.29, 1.82) is 0 Å². The molecule has 0 radical (unpaired) electrons. The minimum absolute atomic E-state index is 0.161. The molecule has 18 heavy (non-hydrogen) atoms. The Labute approximate surface area is 113 Å². The summed E-state index contributed by atoms with van der Waals surface area (Å²) < 4.78 is 5.53. The molecule has 0 unspecified atom stereocenters. The Hall–Kier alpha value is -0.710. The lowest BCUT2D eigenvalue weighted by atomic mass is 10.2. The van der Waals surface area contributed by atoms with Gasteiger partial charge in [0.25, 0.3) is 0 Å². The molecule has 1 fully saturated rings. The van der Waals surface area contributed by atoms with Crippen LogP contribution in [-0.2, 0) is 4.74 Å². The van der Waals surface area contributed by atoms with Gasteiger partial charge in [0.1, 0.15) is 5.75 Å². The first kappa shape index (κ1) is 13.7. The number of nitrogens with zero attached hydrogens (tertiary/aromatic N) is 1. The molecule has 1 N–H and O–H groups in total. The first-order chi connectivity index (χ1) is 8.55. The second kappa shape index (κ2) is 5.95. The minimum atomic E-state index is 0.161. The molecular weight excluding hydrogens is 246 g/mol. The van der Waals surface area contributed by atoms with Crippen LogP contribution in [0.4, 0.5) is 0 Å². The summed E-state index contributed by atoms with van der Waals surface area (Å²) in [7, 11) is 0. The number of phenolic OH excluding ortho intramolecular Hbond substituents is 1. The van der Waals surface area contributed by atoms with Crippen LogP contribution in [0.5, 0.6) is 5.75 Å². The van der Waals surface area contributed by atoms with Gasteiger partial charge in [0.05, 0.1) is 13.2 Å². The van der Waals surface area contributed by atoms with Gasteiger partial charge < -0.3 is 9.84 Å². The molecule has 0 bridgehead atoms. The maximum absolute atomic E-state index is 9.28. The van der Waals surface area contributed by atoms with Crippen LogP contribution in [-0.4, -0.2) is 47.6 Å². The average molecular weight is 267 g/mol. The summed E-state index contributed by atoms with van der Waals surface area (Å²) in [6.07, 6.45) is 0. The molecule has 1 aliphatic rings. The van der Waals surface area contributed by atoms with Crippen molar-refractivity contribution in [2.24, 2.45) is 0 Å². The highest BCUT2D eigenvalue weighted by Gasteiger charge is 2.24. The van der Waals surface area contributed by atoms with Gasteiger partial charge in [0.2, 0.25) is 0 Å². The fourth-order valence-electron chi connectivity index (χ4n) is 2.16. The van der Waals surface area contributed by atoms with E-state index >= 15 is 0 Å². The molecule has 0 aromatic heterocycles. The van der Waals surface area contributed by atoms with Gasteiger partial charge in [0, 0.05) is 29.3 Å². The summed E-state index contributed by atoms with van der Waals surface area (Å²) in [5, 5.41) is 9.28. The number of thioether (sulfide) groups is 1. The van der Waals surface area contributed by atoms with E-state index in [1.54, 1.807) is 12.1 Å². The van der Waals surface area contributed by atoms with Crippen LogP contribution in [0, 0.1) is 0 Å². The summed E-state index contributed by atoms with van der Waals surface area (Å²) in [6, 6.07) is 7.43. The molecular formula is C14H21NO2S. The highest BCUT2D eigenvalue weighted by atomic mass is 32.2. The van der Waals surface area contributed by atoms with E-state index in [2.05, 4.69) is 18.7 Å². The van der Waals surface area contributed by atoms with Gasteiger partial charge in [-0.05, 0) is 38.1 Å². The fraction of sp³-hybridized carbons (Fsp3) is 0.571. The van der Waals surface area contributed by atoms with E-state index in [4.69, 9.17) is 4.74 Å². The third-order valence-corrected chi connectivity index (χ3v) is 4.13. The standard InChI is InChI=1S/C14H21NO2S/c1-14(2,11-15-7-9-17-10-8-15)18-13-5-3-12(16)4-6-13/h3-6,16H,7-11H2,1-2H3. The molecule has 1 aliphatic heterocycles. The van der Waals surface area contributed by atoms with Crippen molar-refractivity contribution in [3.8, 4) is 5.75 Å². The van der Waals surface area contributed by atoms with Crippen LogP contribution in [0.15, 0.2) is 29.2 Å². The molecule has 0 amide bonds. The molecule has 0 spiro atoms. The maximum atomic E-state index is 9.28. The molecule has 0 saturated carbocycles. The summed E-state index contributed by atoms with van der Waals surface area (Å²) in [5.41, 5.74) is 0. The minimum Gasteiger partial charge on any atom is -0.508 e. The van der Waals surface area contributed by atoms with E-state index in [1.807, 2.05) is 23.9 Å². The predicted molar refractivity (Wildman–Crippen MR) is 75.3 cm³/mol. The van der Waals surface area contributed by atoms with Crippen molar-refractivity contribution in [3.63, 3.8) is 0 Å². The largest absolute Gasteiger partial charge is 0.508 e. The highest BCUT2D eigenvalue weighted by molar-refractivity contribution is 8.00. The van der Waals surface area contributed by atoms with E-state index < -0.39 is 0 Å². The van der Waals surface area contributed by atoms with Crippen molar-refractivity contribution in [2.45, 2.75) is 23.5 Å². The summed E-state index contributed by atoms with van der Waals surface area (Å²) >= 11 is 1.85. The van der Waals surface area contributed by atoms with Crippen LogP contribution in [0.2, 0.25) is 0 Å². The van der Waals surface area contributed by atoms with Crippen LogP contribution < -0.4 is 0 Å². The van der Waals surface area contributed by atoms with Crippen molar-refractivity contribution in [3.05, 3.63) is 24.3 Å². The van der Waals surface area contributed by atoms with Gasteiger partial charge >= 0.3 is 0 Å². The third-order valence-electron chi connectivity index (χ3n) is 2.94. The number of benzene rings is 1. The molecule has 1 aromatic rings. The molecule has 0 aliphatic carbocycles. The molecule has 100 valence electrons. The SMILES string of the molecule is CC(C)(CN1CCOCC1)Sc1ccc(O)cc1. The Balaban J connectivity index is 1.91. The van der Waals surface area contributed by atoms with Gasteiger partial charge in [-0.2, -0.15) is 0 Å². The topological polar surface area (TPSA) is 32.7 Å². The summed E-state index contributed by atoms with van der Waals surface area (Å²) in [6.45, 7) is 9.33. The molecule has 0 atom stereocenters. The first-order valence-corrected chi connectivity index (χ1v) is 7.15. The lowest BCUT2D eigenvalue weighted by molar-refractivity contribution is 0.0350. The van der Waals surface area contributed by atoms with Crippen molar-refractivity contribution < 1.29 is 9.84 Å². The molecule has 1 aromatic carbocycles. The second-order valence-electron chi connectivity index (χ2n) is 5.24.